The Morgan fingerprint density at radius 1 is 1.46 bits per heavy atom. The number of hydrogen-bond donors (Lipinski definition) is 2. The van der Waals surface area contributed by atoms with Crippen molar-refractivity contribution in [3.05, 3.63) is 46.0 Å². The molecule has 3 heterocycles. The summed E-state index contributed by atoms with van der Waals surface area (Å²) in [6.07, 6.45) is 4.98. The first kappa shape index (κ1) is 15.9. The van der Waals surface area contributed by atoms with Gasteiger partial charge in [-0.1, -0.05) is 0 Å². The number of nitrogens with two attached hydrogens (primary N) is 1. The molecule has 5 nitrogen and oxygen atoms in total. The van der Waals surface area contributed by atoms with Gasteiger partial charge in [-0.25, -0.2) is 0 Å². The first-order valence-electron chi connectivity index (χ1n) is 8.52. The van der Waals surface area contributed by atoms with E-state index < -0.39 is 0 Å². The first-order valence-corrected chi connectivity index (χ1v) is 9.46. The van der Waals surface area contributed by atoms with Crippen molar-refractivity contribution < 1.29 is 9.21 Å². The molecule has 128 valence electrons. The molecule has 3 N–H and O–H groups in total. The van der Waals surface area contributed by atoms with Crippen LogP contribution in [0.15, 0.2) is 33.6 Å². The average Bonchev–Trinajstić information content (AvgIpc) is 3.05. The Balaban J connectivity index is 1.57. The fourth-order valence-electron chi connectivity index (χ4n) is 3.90. The Labute approximate surface area is 145 Å². The fraction of sp³-hybridized carbons (Fsp3) is 0.500. The summed E-state index contributed by atoms with van der Waals surface area (Å²) >= 11 is 1.67. The lowest BCUT2D eigenvalue weighted by atomic mass is 9.93. The van der Waals surface area contributed by atoms with E-state index in [9.17, 15) is 4.79 Å². The standard InChI is InChI=1S/C18H23N3O2S/c19-9-15-7-14(11-23-15)17(22)21(10-13-1-6-24-12-13)16-8-18(16)2-4-20-5-3-18/h1,6-7,11-12,16,20H,2-5,8-10,19H2. The van der Waals surface area contributed by atoms with Crippen LogP contribution in [0.4, 0.5) is 0 Å². The number of nitrogens with zero attached hydrogens (tertiary/aromatic N) is 1. The van der Waals surface area contributed by atoms with Crippen LogP contribution in [-0.4, -0.2) is 29.9 Å². The van der Waals surface area contributed by atoms with E-state index >= 15 is 0 Å². The van der Waals surface area contributed by atoms with Crippen molar-refractivity contribution in [1.29, 1.82) is 0 Å². The number of carbonyl (C=O) groups is 1. The van der Waals surface area contributed by atoms with Gasteiger partial charge in [0.25, 0.3) is 5.91 Å². The van der Waals surface area contributed by atoms with Crippen LogP contribution in [0.25, 0.3) is 0 Å². The van der Waals surface area contributed by atoms with E-state index in [4.69, 9.17) is 10.2 Å². The molecule has 6 heteroatoms. The van der Waals surface area contributed by atoms with Gasteiger partial charge in [-0.05, 0) is 66.2 Å². The predicted molar refractivity (Wildman–Crippen MR) is 93.7 cm³/mol. The van der Waals surface area contributed by atoms with Gasteiger partial charge in [0.1, 0.15) is 12.0 Å². The maximum Gasteiger partial charge on any atom is 0.257 e. The number of nitrogens with one attached hydrogen (secondary N) is 1. The minimum absolute atomic E-state index is 0.0602. The third-order valence-electron chi connectivity index (χ3n) is 5.42. The van der Waals surface area contributed by atoms with Gasteiger partial charge in [-0.15, -0.1) is 0 Å². The Morgan fingerprint density at radius 3 is 2.96 bits per heavy atom. The highest BCUT2D eigenvalue weighted by Gasteiger charge is 2.57. The van der Waals surface area contributed by atoms with E-state index in [0.717, 1.165) is 32.4 Å². The Bertz CT molecular complexity index is 704. The molecule has 1 aliphatic carbocycles. The van der Waals surface area contributed by atoms with Crippen LogP contribution in [0.1, 0.15) is 40.9 Å². The Morgan fingerprint density at radius 2 is 2.29 bits per heavy atom. The number of hydrogen-bond acceptors (Lipinski definition) is 5. The van der Waals surface area contributed by atoms with Gasteiger partial charge in [-0.2, -0.15) is 11.3 Å². The highest BCUT2D eigenvalue weighted by Crippen LogP contribution is 2.56. The van der Waals surface area contributed by atoms with E-state index in [2.05, 4.69) is 27.0 Å². The molecule has 1 aliphatic heterocycles. The molecule has 24 heavy (non-hydrogen) atoms. The molecule has 1 amide bonds. The van der Waals surface area contributed by atoms with Gasteiger partial charge in [0.05, 0.1) is 12.1 Å². The molecule has 4 rings (SSSR count). The van der Waals surface area contributed by atoms with Gasteiger partial charge in [0.15, 0.2) is 0 Å². The summed E-state index contributed by atoms with van der Waals surface area (Å²) in [7, 11) is 0. The molecular formula is C18H23N3O2S. The molecule has 1 atom stereocenters. The maximum absolute atomic E-state index is 13.1. The zero-order chi connectivity index (χ0) is 16.6. The van der Waals surface area contributed by atoms with Crippen molar-refractivity contribution in [2.75, 3.05) is 13.1 Å². The third-order valence-corrected chi connectivity index (χ3v) is 6.15. The normalized spacial score (nSPS) is 21.8. The van der Waals surface area contributed by atoms with Gasteiger partial charge < -0.3 is 20.4 Å². The summed E-state index contributed by atoms with van der Waals surface area (Å²) in [4.78, 5) is 15.2. The average molecular weight is 345 g/mol. The molecule has 1 saturated heterocycles. The Hall–Kier alpha value is -1.63. The fourth-order valence-corrected chi connectivity index (χ4v) is 4.56. The number of carbonyl (C=O) groups excluding carboxylic acids is 1. The number of piperidine rings is 1. The second kappa shape index (κ2) is 6.35. The monoisotopic (exact) mass is 345 g/mol. The summed E-state index contributed by atoms with van der Waals surface area (Å²) in [5, 5.41) is 7.62. The lowest BCUT2D eigenvalue weighted by Gasteiger charge is -2.29. The molecule has 2 aliphatic rings. The van der Waals surface area contributed by atoms with Gasteiger partial charge in [0, 0.05) is 12.6 Å². The lowest BCUT2D eigenvalue weighted by molar-refractivity contribution is 0.0691. The van der Waals surface area contributed by atoms with Crippen molar-refractivity contribution in [1.82, 2.24) is 10.2 Å². The van der Waals surface area contributed by atoms with Crippen LogP contribution >= 0.6 is 11.3 Å². The van der Waals surface area contributed by atoms with Gasteiger partial charge >= 0.3 is 0 Å². The zero-order valence-corrected chi connectivity index (χ0v) is 14.5. The largest absolute Gasteiger partial charge is 0.467 e. The third kappa shape index (κ3) is 2.90. The summed E-state index contributed by atoms with van der Waals surface area (Å²) < 4.78 is 5.38. The molecule has 1 spiro atoms. The predicted octanol–water partition coefficient (Wildman–Crippen LogP) is 2.58. The van der Waals surface area contributed by atoms with Gasteiger partial charge in [0.2, 0.25) is 0 Å². The minimum atomic E-state index is 0.0602. The van der Waals surface area contributed by atoms with Crippen molar-refractivity contribution in [2.24, 2.45) is 11.1 Å². The molecule has 2 aromatic rings. The topological polar surface area (TPSA) is 71.5 Å². The lowest BCUT2D eigenvalue weighted by Crippen LogP contribution is -2.39. The van der Waals surface area contributed by atoms with Crippen LogP contribution < -0.4 is 11.1 Å². The summed E-state index contributed by atoms with van der Waals surface area (Å²) in [6.45, 7) is 3.10. The summed E-state index contributed by atoms with van der Waals surface area (Å²) in [5.41, 5.74) is 7.74. The van der Waals surface area contributed by atoms with Crippen LogP contribution in [0.2, 0.25) is 0 Å². The molecule has 2 fully saturated rings. The van der Waals surface area contributed by atoms with Crippen molar-refractivity contribution in [3.63, 3.8) is 0 Å². The number of rotatable bonds is 5. The maximum atomic E-state index is 13.1. The van der Waals surface area contributed by atoms with E-state index in [-0.39, 0.29) is 5.91 Å². The van der Waals surface area contributed by atoms with E-state index in [0.29, 0.717) is 35.9 Å². The summed E-state index contributed by atoms with van der Waals surface area (Å²) in [6, 6.07) is 4.21. The summed E-state index contributed by atoms with van der Waals surface area (Å²) in [5.74, 6) is 0.714. The first-order chi connectivity index (χ1) is 11.7. The number of furan rings is 1. The van der Waals surface area contributed by atoms with Crippen molar-refractivity contribution in [2.45, 2.75) is 38.4 Å². The van der Waals surface area contributed by atoms with Crippen LogP contribution in [0.5, 0.6) is 0 Å². The molecule has 1 unspecified atom stereocenters. The molecule has 0 aromatic carbocycles. The van der Waals surface area contributed by atoms with Gasteiger partial charge in [-0.3, -0.25) is 4.79 Å². The van der Waals surface area contributed by atoms with Crippen molar-refractivity contribution >= 4 is 17.2 Å². The number of amides is 1. The van der Waals surface area contributed by atoms with E-state index in [1.54, 1.807) is 23.7 Å². The van der Waals surface area contributed by atoms with Crippen molar-refractivity contribution in [3.8, 4) is 0 Å². The quantitative estimate of drug-likeness (QED) is 0.874. The van der Waals surface area contributed by atoms with E-state index in [1.807, 2.05) is 0 Å². The molecule has 1 saturated carbocycles. The zero-order valence-electron chi connectivity index (χ0n) is 13.7. The number of thiophene rings is 1. The molecule has 2 aromatic heterocycles. The van der Waals surface area contributed by atoms with Crippen LogP contribution in [-0.2, 0) is 13.1 Å². The highest BCUT2D eigenvalue weighted by atomic mass is 32.1. The Kier molecular flexibility index (Phi) is 4.20. The van der Waals surface area contributed by atoms with Crippen LogP contribution in [0.3, 0.4) is 0 Å². The highest BCUT2D eigenvalue weighted by molar-refractivity contribution is 7.07. The smallest absolute Gasteiger partial charge is 0.257 e. The van der Waals surface area contributed by atoms with E-state index in [1.165, 1.54) is 5.56 Å². The molecule has 0 bridgehead atoms. The van der Waals surface area contributed by atoms with Crippen LogP contribution in [0, 0.1) is 5.41 Å². The molecule has 0 radical (unpaired) electrons. The minimum Gasteiger partial charge on any atom is -0.467 e. The molecular weight excluding hydrogens is 322 g/mol. The second-order valence-electron chi connectivity index (χ2n) is 6.90. The second-order valence-corrected chi connectivity index (χ2v) is 7.68. The SMILES string of the molecule is NCc1cc(C(=O)N(Cc2ccsc2)C2CC23CCNCC3)co1.